The lowest BCUT2D eigenvalue weighted by Gasteiger charge is -2.11. The first-order valence-electron chi connectivity index (χ1n) is 3.89. The molecule has 1 aromatic rings. The molecular formula is C9H8O3. The van der Waals surface area contributed by atoms with E-state index in [9.17, 15) is 9.59 Å². The van der Waals surface area contributed by atoms with E-state index in [4.69, 9.17) is 4.42 Å². The average molecular weight is 164 g/mol. The van der Waals surface area contributed by atoms with Gasteiger partial charge in [0, 0.05) is 25.3 Å². The van der Waals surface area contributed by atoms with E-state index in [1.165, 1.54) is 6.07 Å². The number of hydrogen-bond acceptors (Lipinski definition) is 3. The van der Waals surface area contributed by atoms with E-state index in [0.29, 0.717) is 25.0 Å². The number of rotatable bonds is 0. The molecule has 1 aromatic heterocycles. The summed E-state index contributed by atoms with van der Waals surface area (Å²) in [6, 6.07) is 3.04. The Balaban J connectivity index is 2.49. The number of carbonyl (C=O) groups excluding carboxylic acids is 1. The summed E-state index contributed by atoms with van der Waals surface area (Å²) >= 11 is 0. The van der Waals surface area contributed by atoms with Gasteiger partial charge in [0.15, 0.2) is 0 Å². The lowest BCUT2D eigenvalue weighted by Crippen LogP contribution is -2.15. The van der Waals surface area contributed by atoms with Crippen molar-refractivity contribution in [3.63, 3.8) is 0 Å². The van der Waals surface area contributed by atoms with Crippen LogP contribution in [-0.4, -0.2) is 5.78 Å². The molecule has 0 spiro atoms. The van der Waals surface area contributed by atoms with Gasteiger partial charge < -0.3 is 4.42 Å². The third-order valence-corrected chi connectivity index (χ3v) is 2.02. The van der Waals surface area contributed by atoms with Gasteiger partial charge >= 0.3 is 5.63 Å². The molecule has 1 heterocycles. The van der Waals surface area contributed by atoms with Gasteiger partial charge in [0.05, 0.1) is 0 Å². The normalized spacial score (nSPS) is 15.8. The molecule has 0 amide bonds. The summed E-state index contributed by atoms with van der Waals surface area (Å²) in [5.74, 6) is 0.901. The number of fused-ring (bicyclic) bond motifs is 1. The van der Waals surface area contributed by atoms with Crippen molar-refractivity contribution in [3.05, 3.63) is 33.9 Å². The third-order valence-electron chi connectivity index (χ3n) is 2.02. The summed E-state index contributed by atoms with van der Waals surface area (Å²) in [5, 5.41) is 0. The van der Waals surface area contributed by atoms with Crippen molar-refractivity contribution in [2.75, 3.05) is 0 Å². The van der Waals surface area contributed by atoms with Crippen LogP contribution in [0.3, 0.4) is 0 Å². The molecule has 0 bridgehead atoms. The van der Waals surface area contributed by atoms with Crippen LogP contribution in [-0.2, 0) is 17.6 Å². The van der Waals surface area contributed by atoms with E-state index in [1.807, 2.05) is 0 Å². The van der Waals surface area contributed by atoms with Crippen LogP contribution in [0.2, 0.25) is 0 Å². The quantitative estimate of drug-likeness (QED) is 0.567. The van der Waals surface area contributed by atoms with Gasteiger partial charge in [-0.05, 0) is 11.6 Å². The highest BCUT2D eigenvalue weighted by Crippen LogP contribution is 2.16. The maximum atomic E-state index is 11.0. The van der Waals surface area contributed by atoms with Crippen LogP contribution in [0.15, 0.2) is 21.3 Å². The highest BCUT2D eigenvalue weighted by Gasteiger charge is 2.17. The van der Waals surface area contributed by atoms with Crippen LogP contribution in [0, 0.1) is 0 Å². The number of Topliss-reactive ketones (excluding diaryl/α,β-unsaturated/α-hetero) is 1. The minimum atomic E-state index is -0.330. The minimum Gasteiger partial charge on any atom is -0.428 e. The molecule has 12 heavy (non-hydrogen) atoms. The molecule has 0 unspecified atom stereocenters. The average Bonchev–Trinajstić information content (AvgIpc) is 2.05. The van der Waals surface area contributed by atoms with Crippen LogP contribution < -0.4 is 5.63 Å². The molecule has 0 atom stereocenters. The van der Waals surface area contributed by atoms with E-state index < -0.39 is 0 Å². The largest absolute Gasteiger partial charge is 0.428 e. The highest BCUT2D eigenvalue weighted by atomic mass is 16.4. The maximum Gasteiger partial charge on any atom is 0.335 e. The van der Waals surface area contributed by atoms with Gasteiger partial charge in [-0.25, -0.2) is 4.79 Å². The fourth-order valence-electron chi connectivity index (χ4n) is 1.41. The summed E-state index contributed by atoms with van der Waals surface area (Å²) in [4.78, 5) is 21.8. The molecule has 0 aromatic carbocycles. The first kappa shape index (κ1) is 7.28. The van der Waals surface area contributed by atoms with Crippen LogP contribution in [0.5, 0.6) is 0 Å². The summed E-state index contributed by atoms with van der Waals surface area (Å²) in [6.07, 6.45) is 1.49. The molecule has 0 saturated heterocycles. The molecule has 1 aliphatic carbocycles. The predicted molar refractivity (Wildman–Crippen MR) is 42.0 cm³/mol. The first-order valence-corrected chi connectivity index (χ1v) is 3.89. The monoisotopic (exact) mass is 164 g/mol. The molecule has 3 nitrogen and oxygen atoms in total. The Morgan fingerprint density at radius 3 is 2.83 bits per heavy atom. The second kappa shape index (κ2) is 2.59. The SMILES string of the molecule is O=C1CCc2oc(=O)ccc2C1. The summed E-state index contributed by atoms with van der Waals surface area (Å²) in [7, 11) is 0. The van der Waals surface area contributed by atoms with Gasteiger partial charge in [0.25, 0.3) is 0 Å². The van der Waals surface area contributed by atoms with Crippen molar-refractivity contribution in [3.8, 4) is 0 Å². The van der Waals surface area contributed by atoms with Crippen molar-refractivity contribution in [1.82, 2.24) is 0 Å². The molecule has 0 N–H and O–H groups in total. The Morgan fingerprint density at radius 2 is 2.00 bits per heavy atom. The van der Waals surface area contributed by atoms with Crippen molar-refractivity contribution in [2.24, 2.45) is 0 Å². The van der Waals surface area contributed by atoms with Gasteiger partial charge in [0.2, 0.25) is 0 Å². The van der Waals surface area contributed by atoms with Crippen LogP contribution >= 0.6 is 0 Å². The van der Waals surface area contributed by atoms with Gasteiger partial charge in [-0.1, -0.05) is 0 Å². The third kappa shape index (κ3) is 1.18. The van der Waals surface area contributed by atoms with Crippen molar-refractivity contribution in [2.45, 2.75) is 19.3 Å². The fraction of sp³-hybridized carbons (Fsp3) is 0.333. The van der Waals surface area contributed by atoms with E-state index in [2.05, 4.69) is 0 Å². The fourth-order valence-corrected chi connectivity index (χ4v) is 1.41. The smallest absolute Gasteiger partial charge is 0.335 e. The van der Waals surface area contributed by atoms with Crippen LogP contribution in [0.4, 0.5) is 0 Å². The Labute approximate surface area is 69.0 Å². The Kier molecular flexibility index (Phi) is 1.57. The second-order valence-corrected chi connectivity index (χ2v) is 2.92. The molecule has 0 radical (unpaired) electrons. The first-order chi connectivity index (χ1) is 5.75. The van der Waals surface area contributed by atoms with Gasteiger partial charge in [-0.2, -0.15) is 0 Å². The van der Waals surface area contributed by atoms with Gasteiger partial charge in [-0.3, -0.25) is 4.79 Å². The number of carbonyl (C=O) groups is 1. The molecule has 0 saturated carbocycles. The van der Waals surface area contributed by atoms with E-state index >= 15 is 0 Å². The standard InChI is InChI=1S/C9H8O3/c10-7-2-3-8-6(5-7)1-4-9(11)12-8/h1,4H,2-3,5H2. The lowest BCUT2D eigenvalue weighted by atomic mass is 9.96. The number of aryl methyl sites for hydroxylation is 1. The lowest BCUT2D eigenvalue weighted by molar-refractivity contribution is -0.118. The zero-order valence-electron chi connectivity index (χ0n) is 6.50. The Bertz CT molecular complexity index is 376. The second-order valence-electron chi connectivity index (χ2n) is 2.92. The van der Waals surface area contributed by atoms with Crippen molar-refractivity contribution >= 4 is 5.78 Å². The number of ketones is 1. The Morgan fingerprint density at radius 1 is 1.17 bits per heavy atom. The molecule has 62 valence electrons. The van der Waals surface area contributed by atoms with Crippen LogP contribution in [0.25, 0.3) is 0 Å². The zero-order chi connectivity index (χ0) is 8.55. The highest BCUT2D eigenvalue weighted by molar-refractivity contribution is 5.82. The van der Waals surface area contributed by atoms with E-state index in [1.54, 1.807) is 6.07 Å². The molecule has 2 rings (SSSR count). The summed E-state index contributed by atoms with van der Waals surface area (Å²) in [5.41, 5.74) is 0.536. The minimum absolute atomic E-state index is 0.219. The van der Waals surface area contributed by atoms with E-state index in [0.717, 1.165) is 5.56 Å². The molecular weight excluding hydrogens is 156 g/mol. The zero-order valence-corrected chi connectivity index (χ0v) is 6.50. The maximum absolute atomic E-state index is 11.0. The predicted octanol–water partition coefficient (Wildman–Crippen LogP) is 0.698. The van der Waals surface area contributed by atoms with Gasteiger partial charge in [-0.15, -0.1) is 0 Å². The topological polar surface area (TPSA) is 47.3 Å². The van der Waals surface area contributed by atoms with Crippen molar-refractivity contribution in [1.29, 1.82) is 0 Å². The Hall–Kier alpha value is -1.38. The van der Waals surface area contributed by atoms with E-state index in [-0.39, 0.29) is 11.4 Å². The molecule has 0 fully saturated rings. The van der Waals surface area contributed by atoms with Crippen molar-refractivity contribution < 1.29 is 9.21 Å². The molecule has 1 aliphatic rings. The van der Waals surface area contributed by atoms with Gasteiger partial charge in [0.1, 0.15) is 11.5 Å². The molecule has 0 aliphatic heterocycles. The summed E-state index contributed by atoms with van der Waals surface area (Å²) < 4.78 is 4.94. The molecule has 3 heteroatoms. The number of hydrogen-bond donors (Lipinski definition) is 0. The van der Waals surface area contributed by atoms with Crippen LogP contribution in [0.1, 0.15) is 17.7 Å². The summed E-state index contributed by atoms with van der Waals surface area (Å²) in [6.45, 7) is 0.